The van der Waals surface area contributed by atoms with E-state index in [1.165, 1.54) is 0 Å². The zero-order valence-electron chi connectivity index (χ0n) is 5.83. The summed E-state index contributed by atoms with van der Waals surface area (Å²) in [5, 5.41) is 16.8. The molecule has 0 aliphatic heterocycles. The van der Waals surface area contributed by atoms with E-state index in [4.69, 9.17) is 10.4 Å². The Bertz CT molecular complexity index is 108. The Labute approximate surface area is 55.5 Å². The van der Waals surface area contributed by atoms with Crippen molar-refractivity contribution < 1.29 is 5.11 Å². The van der Waals surface area contributed by atoms with Gasteiger partial charge in [0.25, 0.3) is 0 Å². The van der Waals surface area contributed by atoms with Gasteiger partial charge in [-0.25, -0.2) is 0 Å². The van der Waals surface area contributed by atoms with Crippen molar-refractivity contribution in [2.75, 3.05) is 20.2 Å². The Hall–Kier alpha value is -0.590. The highest BCUT2D eigenvalue weighted by Crippen LogP contribution is 1.90. The standard InChI is InChI=1S/C6H12N2O/c1-6(5-7)8(2)3-4-9/h6,9H,3-4H2,1-2H3. The second-order valence-corrected chi connectivity index (χ2v) is 2.01. The first-order chi connectivity index (χ1) is 4.22. The molecular formula is C6H12N2O. The lowest BCUT2D eigenvalue weighted by molar-refractivity contribution is 0.208. The topological polar surface area (TPSA) is 47.3 Å². The van der Waals surface area contributed by atoms with E-state index in [-0.39, 0.29) is 12.6 Å². The van der Waals surface area contributed by atoms with Crippen molar-refractivity contribution in [2.45, 2.75) is 13.0 Å². The van der Waals surface area contributed by atoms with Gasteiger partial charge in [0.05, 0.1) is 18.7 Å². The molecule has 3 heteroatoms. The van der Waals surface area contributed by atoms with Crippen LogP contribution in [-0.2, 0) is 0 Å². The van der Waals surface area contributed by atoms with Crippen molar-refractivity contribution in [2.24, 2.45) is 0 Å². The molecule has 1 unspecified atom stereocenters. The second-order valence-electron chi connectivity index (χ2n) is 2.01. The van der Waals surface area contributed by atoms with Crippen LogP contribution < -0.4 is 0 Å². The molecule has 0 aromatic carbocycles. The third-order valence-corrected chi connectivity index (χ3v) is 1.30. The van der Waals surface area contributed by atoms with Gasteiger partial charge in [-0.1, -0.05) is 0 Å². The largest absolute Gasteiger partial charge is 0.395 e. The van der Waals surface area contributed by atoms with Crippen LogP contribution in [0.15, 0.2) is 0 Å². The fourth-order valence-corrected chi connectivity index (χ4v) is 0.450. The molecule has 52 valence electrons. The molecule has 9 heavy (non-hydrogen) atoms. The Balaban J connectivity index is 3.48. The first kappa shape index (κ1) is 8.41. The molecule has 3 nitrogen and oxygen atoms in total. The van der Waals surface area contributed by atoms with Crippen molar-refractivity contribution >= 4 is 0 Å². The number of likely N-dealkylation sites (N-methyl/N-ethyl adjacent to an activating group) is 1. The van der Waals surface area contributed by atoms with Crippen molar-refractivity contribution in [3.8, 4) is 6.07 Å². The zero-order chi connectivity index (χ0) is 7.28. The van der Waals surface area contributed by atoms with E-state index in [2.05, 4.69) is 6.07 Å². The fraction of sp³-hybridized carbons (Fsp3) is 0.833. The minimum Gasteiger partial charge on any atom is -0.395 e. The van der Waals surface area contributed by atoms with Crippen LogP contribution in [0.2, 0.25) is 0 Å². The minimum absolute atomic E-state index is 0.0999. The van der Waals surface area contributed by atoms with Gasteiger partial charge in [0.1, 0.15) is 0 Å². The average Bonchev–Trinajstić information content (AvgIpc) is 1.87. The molecule has 0 aliphatic rings. The number of nitrogens with zero attached hydrogens (tertiary/aromatic N) is 2. The number of aliphatic hydroxyl groups is 1. The summed E-state index contributed by atoms with van der Waals surface area (Å²) in [5.41, 5.74) is 0. The van der Waals surface area contributed by atoms with Gasteiger partial charge in [0, 0.05) is 6.54 Å². The maximum absolute atomic E-state index is 8.43. The highest BCUT2D eigenvalue weighted by molar-refractivity contribution is 4.85. The number of aliphatic hydroxyl groups excluding tert-OH is 1. The van der Waals surface area contributed by atoms with E-state index in [0.29, 0.717) is 6.54 Å². The Morgan fingerprint density at radius 1 is 1.78 bits per heavy atom. The Morgan fingerprint density at radius 2 is 2.33 bits per heavy atom. The molecule has 0 saturated carbocycles. The molecule has 0 aromatic heterocycles. The molecule has 0 amide bonds. The van der Waals surface area contributed by atoms with Gasteiger partial charge >= 0.3 is 0 Å². The van der Waals surface area contributed by atoms with Crippen LogP contribution in [0.4, 0.5) is 0 Å². The molecule has 0 rings (SSSR count). The predicted molar refractivity (Wildman–Crippen MR) is 34.8 cm³/mol. The second kappa shape index (κ2) is 4.30. The van der Waals surface area contributed by atoms with Gasteiger partial charge < -0.3 is 5.11 Å². The lowest BCUT2D eigenvalue weighted by atomic mass is 10.3. The molecule has 0 spiro atoms. The zero-order valence-corrected chi connectivity index (χ0v) is 5.83. The summed E-state index contributed by atoms with van der Waals surface area (Å²) in [6.45, 7) is 2.48. The van der Waals surface area contributed by atoms with Crippen LogP contribution in [0, 0.1) is 11.3 Å². The average molecular weight is 128 g/mol. The lowest BCUT2D eigenvalue weighted by Gasteiger charge is -2.16. The van der Waals surface area contributed by atoms with Crippen molar-refractivity contribution in [3.05, 3.63) is 0 Å². The van der Waals surface area contributed by atoms with Crippen LogP contribution >= 0.6 is 0 Å². The molecular weight excluding hydrogens is 116 g/mol. The van der Waals surface area contributed by atoms with E-state index in [9.17, 15) is 0 Å². The van der Waals surface area contributed by atoms with Crippen LogP contribution in [-0.4, -0.2) is 36.2 Å². The summed E-state index contributed by atoms with van der Waals surface area (Å²) in [6, 6.07) is 1.96. The van der Waals surface area contributed by atoms with Crippen molar-refractivity contribution in [1.29, 1.82) is 5.26 Å². The summed E-state index contributed by atoms with van der Waals surface area (Å²) >= 11 is 0. The minimum atomic E-state index is -0.0999. The highest BCUT2D eigenvalue weighted by atomic mass is 16.3. The third kappa shape index (κ3) is 3.07. The smallest absolute Gasteiger partial charge is 0.0947 e. The Kier molecular flexibility index (Phi) is 4.02. The molecule has 0 aromatic rings. The molecule has 1 N–H and O–H groups in total. The summed E-state index contributed by atoms with van der Waals surface area (Å²) in [5.74, 6) is 0. The molecule has 1 atom stereocenters. The first-order valence-corrected chi connectivity index (χ1v) is 2.93. The molecule has 0 bridgehead atoms. The molecule has 0 aliphatic carbocycles. The van der Waals surface area contributed by atoms with Gasteiger partial charge in [0.15, 0.2) is 0 Å². The number of hydrogen-bond acceptors (Lipinski definition) is 3. The van der Waals surface area contributed by atoms with E-state index in [1.54, 1.807) is 11.8 Å². The van der Waals surface area contributed by atoms with Gasteiger partial charge in [-0.3, -0.25) is 4.90 Å². The van der Waals surface area contributed by atoms with Gasteiger partial charge in [-0.05, 0) is 14.0 Å². The van der Waals surface area contributed by atoms with Gasteiger partial charge in [-0.2, -0.15) is 5.26 Å². The third-order valence-electron chi connectivity index (χ3n) is 1.30. The van der Waals surface area contributed by atoms with Crippen molar-refractivity contribution in [1.82, 2.24) is 4.90 Å². The number of nitriles is 1. The lowest BCUT2D eigenvalue weighted by Crippen LogP contribution is -2.30. The van der Waals surface area contributed by atoms with Crippen LogP contribution in [0.5, 0.6) is 0 Å². The first-order valence-electron chi connectivity index (χ1n) is 2.93. The summed E-state index contributed by atoms with van der Waals surface area (Å²) in [7, 11) is 1.81. The normalized spacial score (nSPS) is 13.2. The molecule has 0 heterocycles. The van der Waals surface area contributed by atoms with Gasteiger partial charge in [0.2, 0.25) is 0 Å². The van der Waals surface area contributed by atoms with Crippen LogP contribution in [0.25, 0.3) is 0 Å². The van der Waals surface area contributed by atoms with E-state index in [1.807, 2.05) is 7.05 Å². The molecule has 0 radical (unpaired) electrons. The van der Waals surface area contributed by atoms with Crippen LogP contribution in [0.3, 0.4) is 0 Å². The number of hydrogen-bond donors (Lipinski definition) is 1. The Morgan fingerprint density at radius 3 is 2.67 bits per heavy atom. The molecule has 0 saturated heterocycles. The van der Waals surface area contributed by atoms with Crippen LogP contribution in [0.1, 0.15) is 6.92 Å². The number of rotatable bonds is 3. The molecule has 0 fully saturated rings. The van der Waals surface area contributed by atoms with Gasteiger partial charge in [-0.15, -0.1) is 0 Å². The summed E-state index contributed by atoms with van der Waals surface area (Å²) in [6.07, 6.45) is 0. The summed E-state index contributed by atoms with van der Waals surface area (Å²) in [4.78, 5) is 1.79. The maximum atomic E-state index is 8.43. The quantitative estimate of drug-likeness (QED) is 0.573. The van der Waals surface area contributed by atoms with E-state index < -0.39 is 0 Å². The summed E-state index contributed by atoms with van der Waals surface area (Å²) < 4.78 is 0. The predicted octanol–water partition coefficient (Wildman–Crippen LogP) is -0.177. The monoisotopic (exact) mass is 128 g/mol. The van der Waals surface area contributed by atoms with E-state index >= 15 is 0 Å². The van der Waals surface area contributed by atoms with Crippen molar-refractivity contribution in [3.63, 3.8) is 0 Å². The SMILES string of the molecule is CC(C#N)N(C)CCO. The van der Waals surface area contributed by atoms with E-state index in [0.717, 1.165) is 0 Å². The highest BCUT2D eigenvalue weighted by Gasteiger charge is 2.04. The maximum Gasteiger partial charge on any atom is 0.0947 e. The fourth-order valence-electron chi connectivity index (χ4n) is 0.450.